The minimum atomic E-state index is -4.47. The summed E-state index contributed by atoms with van der Waals surface area (Å²) >= 11 is 0. The fraction of sp³-hybridized carbons (Fsp3) is 0.567. The van der Waals surface area contributed by atoms with Gasteiger partial charge < -0.3 is 19.7 Å². The van der Waals surface area contributed by atoms with Crippen molar-refractivity contribution in [3.63, 3.8) is 0 Å². The monoisotopic (exact) mass is 548 g/mol. The molecule has 0 aliphatic carbocycles. The van der Waals surface area contributed by atoms with E-state index in [1.54, 1.807) is 24.8 Å². The minimum Gasteiger partial charge on any atom is -0.488 e. The zero-order valence-electron chi connectivity index (χ0n) is 22.5. The number of nitrogens with zero attached hydrogens (tertiary/aromatic N) is 1. The third-order valence-electron chi connectivity index (χ3n) is 8.91. The maximum atomic E-state index is 14.3. The molecule has 0 aromatic heterocycles. The van der Waals surface area contributed by atoms with Crippen LogP contribution in [-0.2, 0) is 21.1 Å². The Morgan fingerprint density at radius 3 is 2.51 bits per heavy atom. The number of amides is 1. The van der Waals surface area contributed by atoms with Gasteiger partial charge in [0.25, 0.3) is 0 Å². The summed E-state index contributed by atoms with van der Waals surface area (Å²) in [6, 6.07) is 9.83. The van der Waals surface area contributed by atoms with Gasteiger partial charge in [0.15, 0.2) is 0 Å². The van der Waals surface area contributed by atoms with Crippen LogP contribution in [0.3, 0.4) is 0 Å². The molecule has 1 amide bonds. The number of nitrogens with one attached hydrogen (secondary N) is 1. The summed E-state index contributed by atoms with van der Waals surface area (Å²) in [5.74, 6) is 0.123. The van der Waals surface area contributed by atoms with Crippen molar-refractivity contribution in [1.82, 2.24) is 10.2 Å². The maximum Gasteiger partial charge on any atom is 0.416 e. The van der Waals surface area contributed by atoms with E-state index in [4.69, 9.17) is 9.47 Å². The normalized spacial score (nSPS) is 23.7. The van der Waals surface area contributed by atoms with Crippen molar-refractivity contribution in [2.75, 3.05) is 39.4 Å². The molecule has 5 nitrogen and oxygen atoms in total. The number of alkyl halides is 3. The zero-order chi connectivity index (χ0) is 27.8. The van der Waals surface area contributed by atoms with Crippen LogP contribution in [0.15, 0.2) is 42.5 Å². The number of rotatable bonds is 5. The van der Waals surface area contributed by atoms with E-state index in [1.807, 2.05) is 6.07 Å². The predicted octanol–water partition coefficient (Wildman–Crippen LogP) is 5.68. The van der Waals surface area contributed by atoms with Gasteiger partial charge >= 0.3 is 6.18 Å². The van der Waals surface area contributed by atoms with Gasteiger partial charge in [0, 0.05) is 38.0 Å². The Morgan fingerprint density at radius 1 is 1.08 bits per heavy atom. The van der Waals surface area contributed by atoms with Crippen LogP contribution in [-0.4, -0.2) is 56.3 Å². The number of likely N-dealkylation sites (tertiary alicyclic amines) is 1. The molecule has 0 unspecified atom stereocenters. The molecule has 1 spiro atoms. The van der Waals surface area contributed by atoms with Gasteiger partial charge in [-0.15, -0.1) is 0 Å². The Balaban J connectivity index is 1.34. The number of carbonyl (C=O) groups is 1. The number of halogens is 4. The number of hydrogen-bond acceptors (Lipinski definition) is 4. The lowest BCUT2D eigenvalue weighted by Crippen LogP contribution is -2.53. The Kier molecular flexibility index (Phi) is 7.68. The molecule has 5 rings (SSSR count). The minimum absolute atomic E-state index is 0.0814. The van der Waals surface area contributed by atoms with Crippen LogP contribution in [0.25, 0.3) is 0 Å². The Morgan fingerprint density at radius 2 is 1.82 bits per heavy atom. The van der Waals surface area contributed by atoms with Gasteiger partial charge in [-0.05, 0) is 68.3 Å². The highest BCUT2D eigenvalue weighted by molar-refractivity contribution is 5.87. The summed E-state index contributed by atoms with van der Waals surface area (Å²) in [7, 11) is 0. The first kappa shape index (κ1) is 27.9. The molecule has 212 valence electrons. The second-order valence-electron chi connectivity index (χ2n) is 11.7. The standard InChI is InChI=1S/C30H36F4N2O3/c1-28(2,20-4-3-5-21(16-20)30(32,33)34)27(37)36-13-10-29(11-14-36)9-12-35-18-25(29)24-7-6-22(31)17-26(24)39-23-8-15-38-19-23/h3-7,16-17,23,25,35H,8-15,18-19H2,1-2H3/t23-,25+/m1/s1. The van der Waals surface area contributed by atoms with Crippen LogP contribution in [0, 0.1) is 11.2 Å². The van der Waals surface area contributed by atoms with Crippen molar-refractivity contribution in [3.05, 3.63) is 65.0 Å². The molecule has 3 heterocycles. The lowest BCUT2D eigenvalue weighted by molar-refractivity contribution is -0.140. The molecule has 3 saturated heterocycles. The largest absolute Gasteiger partial charge is 0.488 e. The second kappa shape index (κ2) is 10.7. The van der Waals surface area contributed by atoms with Gasteiger partial charge in [0.05, 0.1) is 24.2 Å². The van der Waals surface area contributed by atoms with E-state index in [-0.39, 0.29) is 29.2 Å². The average Bonchev–Trinajstić information content (AvgIpc) is 3.42. The predicted molar refractivity (Wildman–Crippen MR) is 139 cm³/mol. The zero-order valence-corrected chi connectivity index (χ0v) is 22.5. The van der Waals surface area contributed by atoms with E-state index in [1.165, 1.54) is 18.2 Å². The van der Waals surface area contributed by atoms with Gasteiger partial charge in [-0.1, -0.05) is 24.3 Å². The molecule has 3 aliphatic heterocycles. The van der Waals surface area contributed by atoms with Gasteiger partial charge in [-0.2, -0.15) is 13.2 Å². The molecule has 2 atom stereocenters. The lowest BCUT2D eigenvalue weighted by Gasteiger charge is -2.50. The summed E-state index contributed by atoms with van der Waals surface area (Å²) in [5.41, 5.74) is -0.617. The van der Waals surface area contributed by atoms with Gasteiger partial charge in [-0.25, -0.2) is 4.39 Å². The Bertz CT molecular complexity index is 1180. The van der Waals surface area contributed by atoms with E-state index in [9.17, 15) is 22.4 Å². The molecule has 2 aromatic rings. The van der Waals surface area contributed by atoms with Gasteiger partial charge in [-0.3, -0.25) is 4.79 Å². The van der Waals surface area contributed by atoms with Crippen molar-refractivity contribution in [2.24, 2.45) is 5.41 Å². The molecule has 2 aromatic carbocycles. The van der Waals surface area contributed by atoms with E-state index >= 15 is 0 Å². The van der Waals surface area contributed by atoms with Crippen molar-refractivity contribution >= 4 is 5.91 Å². The Hall–Kier alpha value is -2.65. The Labute approximate surface area is 226 Å². The number of ether oxygens (including phenoxy) is 2. The maximum absolute atomic E-state index is 14.3. The topological polar surface area (TPSA) is 50.8 Å². The fourth-order valence-electron chi connectivity index (χ4n) is 6.45. The number of carbonyl (C=O) groups excluding carboxylic acids is 1. The summed E-state index contributed by atoms with van der Waals surface area (Å²) in [5, 5.41) is 3.49. The molecule has 1 N–H and O–H groups in total. The van der Waals surface area contributed by atoms with E-state index in [2.05, 4.69) is 5.32 Å². The molecule has 9 heteroatoms. The first-order valence-corrected chi connectivity index (χ1v) is 13.7. The summed E-state index contributed by atoms with van der Waals surface area (Å²) in [6.45, 7) is 7.13. The van der Waals surface area contributed by atoms with Crippen molar-refractivity contribution in [2.45, 2.75) is 63.1 Å². The first-order chi connectivity index (χ1) is 18.5. The van der Waals surface area contributed by atoms with Crippen LogP contribution in [0.1, 0.15) is 62.1 Å². The molecular weight excluding hydrogens is 512 g/mol. The van der Waals surface area contributed by atoms with Crippen molar-refractivity contribution in [1.29, 1.82) is 0 Å². The fourth-order valence-corrected chi connectivity index (χ4v) is 6.45. The van der Waals surface area contributed by atoms with Crippen LogP contribution in [0.2, 0.25) is 0 Å². The number of hydrogen-bond donors (Lipinski definition) is 1. The van der Waals surface area contributed by atoms with E-state index in [0.717, 1.165) is 56.5 Å². The average molecular weight is 549 g/mol. The second-order valence-corrected chi connectivity index (χ2v) is 11.7. The van der Waals surface area contributed by atoms with Crippen molar-refractivity contribution < 1.29 is 31.8 Å². The van der Waals surface area contributed by atoms with Gasteiger partial charge in [0.1, 0.15) is 17.7 Å². The molecular formula is C30H36F4N2O3. The van der Waals surface area contributed by atoms with Gasteiger partial charge in [0.2, 0.25) is 5.91 Å². The van der Waals surface area contributed by atoms with Crippen molar-refractivity contribution in [3.8, 4) is 5.75 Å². The molecule has 0 radical (unpaired) electrons. The summed E-state index contributed by atoms with van der Waals surface area (Å²) in [4.78, 5) is 15.4. The highest BCUT2D eigenvalue weighted by atomic mass is 19.4. The molecule has 3 fully saturated rings. The highest BCUT2D eigenvalue weighted by Gasteiger charge is 2.47. The van der Waals surface area contributed by atoms with E-state index < -0.39 is 17.2 Å². The third kappa shape index (κ3) is 5.66. The van der Waals surface area contributed by atoms with Crippen LogP contribution >= 0.6 is 0 Å². The van der Waals surface area contributed by atoms with Crippen LogP contribution in [0.5, 0.6) is 5.75 Å². The summed E-state index contributed by atoms with van der Waals surface area (Å²) < 4.78 is 65.9. The summed E-state index contributed by atoms with van der Waals surface area (Å²) in [6.07, 6.45) is -1.37. The SMILES string of the molecule is CC(C)(C(=O)N1CCC2(CCNC[C@H]2c2ccc(F)cc2O[C@@H]2CCOC2)CC1)c1cccc(C(F)(F)F)c1. The lowest BCUT2D eigenvalue weighted by atomic mass is 9.62. The molecule has 39 heavy (non-hydrogen) atoms. The van der Waals surface area contributed by atoms with E-state index in [0.29, 0.717) is 37.6 Å². The number of benzene rings is 2. The number of piperidine rings is 2. The molecule has 3 aliphatic rings. The van der Waals surface area contributed by atoms with Crippen LogP contribution < -0.4 is 10.1 Å². The molecule has 0 bridgehead atoms. The molecule has 0 saturated carbocycles. The van der Waals surface area contributed by atoms with Crippen LogP contribution in [0.4, 0.5) is 17.6 Å². The highest BCUT2D eigenvalue weighted by Crippen LogP contribution is 2.51. The third-order valence-corrected chi connectivity index (χ3v) is 8.91. The smallest absolute Gasteiger partial charge is 0.416 e. The quantitative estimate of drug-likeness (QED) is 0.489. The first-order valence-electron chi connectivity index (χ1n) is 13.7.